The number of nitrogens with one attached hydrogen (secondary N) is 2. The Hall–Kier alpha value is -3.34. The quantitative estimate of drug-likeness (QED) is 0.555. The van der Waals surface area contributed by atoms with Gasteiger partial charge in [0.25, 0.3) is 5.91 Å². The molecule has 2 N–H and O–H groups in total. The topological polar surface area (TPSA) is 62.7 Å². The fourth-order valence-corrected chi connectivity index (χ4v) is 3.41. The standard InChI is InChI=1S/C22H22N4O/c1-13-6-8-20-16(9-13)12-21(26(20)4)22(27)23-18-7-5-14(2)10-17(18)19-11-15(3)24-25-19/h5-12H,1-4H3,(H,23,27)(H,24,25). The molecule has 5 nitrogen and oxygen atoms in total. The maximum absolute atomic E-state index is 13.0. The molecule has 0 spiro atoms. The van der Waals surface area contributed by atoms with Gasteiger partial charge in [0.15, 0.2) is 0 Å². The number of benzene rings is 2. The fourth-order valence-electron chi connectivity index (χ4n) is 3.41. The molecule has 0 atom stereocenters. The minimum Gasteiger partial charge on any atom is -0.340 e. The lowest BCUT2D eigenvalue weighted by atomic mass is 10.1. The highest BCUT2D eigenvalue weighted by atomic mass is 16.1. The second-order valence-electron chi connectivity index (χ2n) is 7.09. The first-order valence-electron chi connectivity index (χ1n) is 8.93. The molecule has 0 radical (unpaired) electrons. The lowest BCUT2D eigenvalue weighted by molar-refractivity contribution is 0.102. The van der Waals surface area contributed by atoms with Gasteiger partial charge >= 0.3 is 0 Å². The van der Waals surface area contributed by atoms with Gasteiger partial charge in [-0.15, -0.1) is 0 Å². The number of carbonyl (C=O) groups is 1. The van der Waals surface area contributed by atoms with Crippen molar-refractivity contribution >= 4 is 22.5 Å². The Labute approximate surface area is 158 Å². The van der Waals surface area contributed by atoms with Gasteiger partial charge in [0, 0.05) is 29.2 Å². The molecule has 0 aliphatic heterocycles. The van der Waals surface area contributed by atoms with Crippen molar-refractivity contribution in [3.8, 4) is 11.3 Å². The van der Waals surface area contributed by atoms with Crippen LogP contribution in [0.25, 0.3) is 22.2 Å². The summed E-state index contributed by atoms with van der Waals surface area (Å²) in [5.74, 6) is -0.135. The molecule has 2 heterocycles. The maximum Gasteiger partial charge on any atom is 0.272 e. The summed E-state index contributed by atoms with van der Waals surface area (Å²) in [7, 11) is 1.92. The van der Waals surface area contributed by atoms with Crippen molar-refractivity contribution in [3.05, 3.63) is 71.0 Å². The third-order valence-electron chi connectivity index (χ3n) is 4.84. The molecule has 4 rings (SSSR count). The number of hydrogen-bond acceptors (Lipinski definition) is 2. The number of carbonyl (C=O) groups excluding carboxylic acids is 1. The molecule has 0 aliphatic rings. The molecule has 0 fully saturated rings. The van der Waals surface area contributed by atoms with Gasteiger partial charge in [0.2, 0.25) is 0 Å². The van der Waals surface area contributed by atoms with E-state index in [0.29, 0.717) is 5.69 Å². The number of nitrogens with zero attached hydrogens (tertiary/aromatic N) is 2. The van der Waals surface area contributed by atoms with E-state index in [9.17, 15) is 4.79 Å². The molecule has 0 saturated heterocycles. The van der Waals surface area contributed by atoms with Crippen LogP contribution < -0.4 is 5.32 Å². The van der Waals surface area contributed by atoms with Crippen LogP contribution in [0.2, 0.25) is 0 Å². The summed E-state index contributed by atoms with van der Waals surface area (Å²) in [6, 6.07) is 16.1. The van der Waals surface area contributed by atoms with Gasteiger partial charge in [-0.2, -0.15) is 5.10 Å². The smallest absolute Gasteiger partial charge is 0.272 e. The summed E-state index contributed by atoms with van der Waals surface area (Å²) in [6.45, 7) is 6.04. The molecule has 2 aromatic heterocycles. The number of H-pyrrole nitrogens is 1. The molecular formula is C22H22N4O. The molecule has 0 saturated carbocycles. The molecule has 0 unspecified atom stereocenters. The van der Waals surface area contributed by atoms with Crippen LogP contribution in [0.5, 0.6) is 0 Å². The SMILES string of the molecule is Cc1ccc(NC(=O)c2cc3cc(C)ccc3n2C)c(-c2cc(C)[nH]n2)c1. The number of aromatic amines is 1. The normalized spacial score (nSPS) is 11.1. The van der Waals surface area contributed by atoms with Gasteiger partial charge in [-0.25, -0.2) is 0 Å². The molecule has 1 amide bonds. The van der Waals surface area contributed by atoms with E-state index in [-0.39, 0.29) is 5.91 Å². The Morgan fingerprint density at radius 1 is 1.00 bits per heavy atom. The van der Waals surface area contributed by atoms with E-state index >= 15 is 0 Å². The van der Waals surface area contributed by atoms with Crippen molar-refractivity contribution in [2.24, 2.45) is 7.05 Å². The second kappa shape index (κ2) is 6.43. The predicted molar refractivity (Wildman–Crippen MR) is 109 cm³/mol. The van der Waals surface area contributed by atoms with Gasteiger partial charge in [0.05, 0.1) is 11.4 Å². The van der Waals surface area contributed by atoms with E-state index in [4.69, 9.17) is 0 Å². The number of aryl methyl sites for hydroxylation is 4. The van der Waals surface area contributed by atoms with Crippen LogP contribution in [-0.4, -0.2) is 20.7 Å². The van der Waals surface area contributed by atoms with Crippen LogP contribution in [0, 0.1) is 20.8 Å². The number of anilines is 1. The third kappa shape index (κ3) is 3.12. The van der Waals surface area contributed by atoms with Gasteiger partial charge < -0.3 is 9.88 Å². The van der Waals surface area contributed by atoms with Crippen LogP contribution in [0.4, 0.5) is 5.69 Å². The number of fused-ring (bicyclic) bond motifs is 1. The summed E-state index contributed by atoms with van der Waals surface area (Å²) in [4.78, 5) is 13.0. The largest absolute Gasteiger partial charge is 0.340 e. The van der Waals surface area contributed by atoms with E-state index in [1.54, 1.807) is 0 Å². The molecular weight excluding hydrogens is 336 g/mol. The predicted octanol–water partition coefficient (Wildman–Crippen LogP) is 4.75. The Balaban J connectivity index is 1.73. The van der Waals surface area contributed by atoms with E-state index < -0.39 is 0 Å². The highest BCUT2D eigenvalue weighted by Crippen LogP contribution is 2.29. The number of amides is 1. The van der Waals surface area contributed by atoms with Gasteiger partial charge in [0.1, 0.15) is 5.69 Å². The monoisotopic (exact) mass is 358 g/mol. The lowest BCUT2D eigenvalue weighted by Gasteiger charge is -2.11. The summed E-state index contributed by atoms with van der Waals surface area (Å²) in [6.07, 6.45) is 0. The van der Waals surface area contributed by atoms with Gasteiger partial charge in [-0.3, -0.25) is 9.89 Å². The molecule has 136 valence electrons. The van der Waals surface area contributed by atoms with Crippen LogP contribution in [0.1, 0.15) is 27.3 Å². The Morgan fingerprint density at radius 3 is 2.48 bits per heavy atom. The van der Waals surface area contributed by atoms with E-state index in [1.165, 1.54) is 5.56 Å². The minimum absolute atomic E-state index is 0.135. The molecule has 0 aliphatic carbocycles. The Morgan fingerprint density at radius 2 is 1.74 bits per heavy atom. The second-order valence-corrected chi connectivity index (χ2v) is 7.09. The number of hydrogen-bond donors (Lipinski definition) is 2. The van der Waals surface area contributed by atoms with Crippen molar-refractivity contribution in [1.29, 1.82) is 0 Å². The minimum atomic E-state index is -0.135. The summed E-state index contributed by atoms with van der Waals surface area (Å²) in [5, 5.41) is 11.4. The van der Waals surface area contributed by atoms with Crippen molar-refractivity contribution < 1.29 is 4.79 Å². The molecule has 4 aromatic rings. The van der Waals surface area contributed by atoms with E-state index in [1.807, 2.05) is 61.9 Å². The maximum atomic E-state index is 13.0. The number of rotatable bonds is 3. The molecule has 2 aromatic carbocycles. The molecule has 27 heavy (non-hydrogen) atoms. The van der Waals surface area contributed by atoms with E-state index in [2.05, 4.69) is 34.6 Å². The van der Waals surface area contributed by atoms with E-state index in [0.717, 1.165) is 39.1 Å². The lowest BCUT2D eigenvalue weighted by Crippen LogP contribution is -2.16. The fraction of sp³-hybridized carbons (Fsp3) is 0.182. The van der Waals surface area contributed by atoms with Crippen LogP contribution in [0.3, 0.4) is 0 Å². The van der Waals surface area contributed by atoms with Crippen molar-refractivity contribution in [2.75, 3.05) is 5.32 Å². The highest BCUT2D eigenvalue weighted by molar-refractivity contribution is 6.08. The van der Waals surface area contributed by atoms with Crippen LogP contribution in [0.15, 0.2) is 48.5 Å². The third-order valence-corrected chi connectivity index (χ3v) is 4.84. The zero-order valence-electron chi connectivity index (χ0n) is 15.9. The Kier molecular flexibility index (Phi) is 4.07. The zero-order valence-corrected chi connectivity index (χ0v) is 15.9. The average Bonchev–Trinajstić information content (AvgIpc) is 3.20. The highest BCUT2D eigenvalue weighted by Gasteiger charge is 2.16. The zero-order chi connectivity index (χ0) is 19.1. The molecule has 5 heteroatoms. The van der Waals surface area contributed by atoms with Crippen LogP contribution in [-0.2, 0) is 7.05 Å². The average molecular weight is 358 g/mol. The molecule has 0 bridgehead atoms. The van der Waals surface area contributed by atoms with Gasteiger partial charge in [-0.1, -0.05) is 23.3 Å². The number of aromatic nitrogens is 3. The Bertz CT molecular complexity index is 1170. The van der Waals surface area contributed by atoms with Crippen molar-refractivity contribution in [2.45, 2.75) is 20.8 Å². The van der Waals surface area contributed by atoms with Crippen LogP contribution >= 0.6 is 0 Å². The van der Waals surface area contributed by atoms with Crippen molar-refractivity contribution in [1.82, 2.24) is 14.8 Å². The summed E-state index contributed by atoms with van der Waals surface area (Å²) >= 11 is 0. The first kappa shape index (κ1) is 17.1. The van der Waals surface area contributed by atoms with Crippen molar-refractivity contribution in [3.63, 3.8) is 0 Å². The summed E-state index contributed by atoms with van der Waals surface area (Å²) in [5.41, 5.74) is 7.41. The summed E-state index contributed by atoms with van der Waals surface area (Å²) < 4.78 is 1.93. The first-order valence-corrected chi connectivity index (χ1v) is 8.93. The first-order chi connectivity index (χ1) is 12.9. The van der Waals surface area contributed by atoms with Gasteiger partial charge in [-0.05, 0) is 57.2 Å².